The Morgan fingerprint density at radius 2 is 2.24 bits per heavy atom. The second-order valence-electron chi connectivity index (χ2n) is 3.35. The summed E-state index contributed by atoms with van der Waals surface area (Å²) in [5.74, 6) is -1.51. The lowest BCUT2D eigenvalue weighted by Gasteiger charge is -2.06. The number of carboxylic acid groups (broad SMARTS) is 1. The number of aromatic carboxylic acids is 1. The maximum atomic E-state index is 10.9. The van der Waals surface area contributed by atoms with Gasteiger partial charge in [-0.25, -0.2) is 9.48 Å². The van der Waals surface area contributed by atoms with Gasteiger partial charge in [0.1, 0.15) is 11.3 Å². The first-order valence-corrected chi connectivity index (χ1v) is 4.80. The third-order valence-electron chi connectivity index (χ3n) is 2.28. The first-order chi connectivity index (χ1) is 8.13. The number of aromatic hydroxyl groups is 1. The van der Waals surface area contributed by atoms with Gasteiger partial charge >= 0.3 is 5.97 Å². The lowest BCUT2D eigenvalue weighted by Crippen LogP contribution is -2.08. The minimum Gasteiger partial charge on any atom is -0.507 e. The van der Waals surface area contributed by atoms with Crippen LogP contribution < -0.4 is 5.73 Å². The second-order valence-corrected chi connectivity index (χ2v) is 3.35. The normalized spacial score (nSPS) is 10.4. The predicted octanol–water partition coefficient (Wildman–Crippen LogP) is 0.130. The van der Waals surface area contributed by atoms with Gasteiger partial charge in [-0.05, 0) is 18.2 Å². The van der Waals surface area contributed by atoms with Crippen molar-refractivity contribution in [2.45, 2.75) is 6.54 Å². The van der Waals surface area contributed by atoms with E-state index in [0.717, 1.165) is 0 Å². The van der Waals surface area contributed by atoms with Crippen LogP contribution in [0.15, 0.2) is 24.4 Å². The molecular formula is C10H10N4O3. The Morgan fingerprint density at radius 1 is 1.47 bits per heavy atom. The molecule has 2 rings (SSSR count). The fourth-order valence-corrected chi connectivity index (χ4v) is 1.44. The molecule has 1 aromatic carbocycles. The highest BCUT2D eigenvalue weighted by Crippen LogP contribution is 2.21. The summed E-state index contributed by atoms with van der Waals surface area (Å²) < 4.78 is 1.42. The van der Waals surface area contributed by atoms with Gasteiger partial charge < -0.3 is 15.9 Å². The highest BCUT2D eigenvalue weighted by Gasteiger charge is 2.12. The van der Waals surface area contributed by atoms with Gasteiger partial charge in [-0.15, -0.1) is 5.10 Å². The van der Waals surface area contributed by atoms with Gasteiger partial charge in [-0.3, -0.25) is 0 Å². The van der Waals surface area contributed by atoms with E-state index in [1.54, 1.807) is 0 Å². The van der Waals surface area contributed by atoms with Gasteiger partial charge in [-0.1, -0.05) is 5.21 Å². The summed E-state index contributed by atoms with van der Waals surface area (Å²) in [4.78, 5) is 10.9. The summed E-state index contributed by atoms with van der Waals surface area (Å²) in [5, 5.41) is 25.8. The Bertz CT molecular complexity index is 564. The lowest BCUT2D eigenvalue weighted by atomic mass is 10.2. The number of carbonyl (C=O) groups is 1. The minimum absolute atomic E-state index is 0.194. The summed E-state index contributed by atoms with van der Waals surface area (Å²) >= 11 is 0. The van der Waals surface area contributed by atoms with Crippen molar-refractivity contribution in [2.24, 2.45) is 5.73 Å². The van der Waals surface area contributed by atoms with Crippen LogP contribution in [-0.2, 0) is 6.54 Å². The van der Waals surface area contributed by atoms with E-state index >= 15 is 0 Å². The molecule has 1 heterocycles. The molecule has 0 aliphatic rings. The fraction of sp³-hybridized carbons (Fsp3) is 0.100. The van der Waals surface area contributed by atoms with Crippen molar-refractivity contribution in [3.05, 3.63) is 35.7 Å². The van der Waals surface area contributed by atoms with Crippen LogP contribution in [0.5, 0.6) is 5.75 Å². The van der Waals surface area contributed by atoms with Crippen LogP contribution in [0.2, 0.25) is 0 Å². The van der Waals surface area contributed by atoms with E-state index < -0.39 is 5.97 Å². The lowest BCUT2D eigenvalue weighted by molar-refractivity contribution is 0.0693. The molecule has 0 fully saturated rings. The summed E-state index contributed by atoms with van der Waals surface area (Å²) in [6.45, 7) is 0.232. The van der Waals surface area contributed by atoms with E-state index in [9.17, 15) is 9.90 Å². The quantitative estimate of drug-likeness (QED) is 0.695. The van der Waals surface area contributed by atoms with Crippen LogP contribution >= 0.6 is 0 Å². The van der Waals surface area contributed by atoms with E-state index in [1.165, 1.54) is 29.1 Å². The third-order valence-corrected chi connectivity index (χ3v) is 2.28. The molecule has 0 aliphatic carbocycles. The van der Waals surface area contributed by atoms with Crippen molar-refractivity contribution in [3.8, 4) is 11.4 Å². The topological polar surface area (TPSA) is 114 Å². The van der Waals surface area contributed by atoms with E-state index in [1.807, 2.05) is 0 Å². The Labute approximate surface area is 96.1 Å². The van der Waals surface area contributed by atoms with Crippen LogP contribution in [0.1, 0.15) is 16.1 Å². The van der Waals surface area contributed by atoms with Crippen molar-refractivity contribution < 1.29 is 15.0 Å². The van der Waals surface area contributed by atoms with Crippen molar-refractivity contribution >= 4 is 5.97 Å². The average Bonchev–Trinajstić information content (AvgIpc) is 2.77. The van der Waals surface area contributed by atoms with Crippen molar-refractivity contribution in [2.75, 3.05) is 0 Å². The number of nitrogens with two attached hydrogens (primary N) is 1. The molecule has 0 bridgehead atoms. The Kier molecular flexibility index (Phi) is 2.75. The minimum atomic E-state index is -1.21. The van der Waals surface area contributed by atoms with E-state index in [4.69, 9.17) is 10.8 Å². The smallest absolute Gasteiger partial charge is 0.339 e. The van der Waals surface area contributed by atoms with Crippen LogP contribution in [0.25, 0.3) is 5.69 Å². The molecule has 0 spiro atoms. The number of aromatic nitrogens is 3. The van der Waals surface area contributed by atoms with Gasteiger partial charge in [0.05, 0.1) is 17.6 Å². The molecule has 0 atom stereocenters. The molecule has 0 amide bonds. The standard InChI is InChI=1S/C10H10N4O3/c11-4-7-5-12-13-14(7)6-1-2-9(15)8(3-6)10(16)17/h1-3,5,15H,4,11H2,(H,16,17). The highest BCUT2D eigenvalue weighted by atomic mass is 16.4. The van der Waals surface area contributed by atoms with Gasteiger partial charge in [-0.2, -0.15) is 0 Å². The SMILES string of the molecule is NCc1cnnn1-c1ccc(O)c(C(=O)O)c1. The van der Waals surface area contributed by atoms with Crippen molar-refractivity contribution in [3.63, 3.8) is 0 Å². The number of carboxylic acids is 1. The fourth-order valence-electron chi connectivity index (χ4n) is 1.44. The molecular weight excluding hydrogens is 224 g/mol. The first kappa shape index (κ1) is 11.1. The van der Waals surface area contributed by atoms with Gasteiger partial charge in [0, 0.05) is 6.54 Å². The molecule has 0 unspecified atom stereocenters. The molecule has 4 N–H and O–H groups in total. The predicted molar refractivity (Wildman–Crippen MR) is 57.9 cm³/mol. The van der Waals surface area contributed by atoms with Crippen molar-refractivity contribution in [1.82, 2.24) is 15.0 Å². The summed E-state index contributed by atoms with van der Waals surface area (Å²) in [6, 6.07) is 4.14. The molecule has 0 radical (unpaired) electrons. The van der Waals surface area contributed by atoms with E-state index in [0.29, 0.717) is 11.4 Å². The van der Waals surface area contributed by atoms with E-state index in [2.05, 4.69) is 10.3 Å². The monoisotopic (exact) mass is 234 g/mol. The summed E-state index contributed by atoms with van der Waals surface area (Å²) in [5.41, 5.74) is 6.43. The van der Waals surface area contributed by atoms with Gasteiger partial charge in [0.15, 0.2) is 0 Å². The molecule has 1 aromatic heterocycles. The number of phenols is 1. The van der Waals surface area contributed by atoms with E-state index in [-0.39, 0.29) is 17.9 Å². The van der Waals surface area contributed by atoms with Gasteiger partial charge in [0.25, 0.3) is 0 Å². The Morgan fingerprint density at radius 3 is 2.88 bits per heavy atom. The number of benzene rings is 1. The molecule has 2 aromatic rings. The number of rotatable bonds is 3. The molecule has 17 heavy (non-hydrogen) atoms. The summed E-state index contributed by atoms with van der Waals surface area (Å²) in [7, 11) is 0. The highest BCUT2D eigenvalue weighted by molar-refractivity contribution is 5.91. The zero-order valence-electron chi connectivity index (χ0n) is 8.74. The number of hydrogen-bond donors (Lipinski definition) is 3. The number of nitrogens with zero attached hydrogens (tertiary/aromatic N) is 3. The van der Waals surface area contributed by atoms with Crippen LogP contribution in [0.4, 0.5) is 0 Å². The Balaban J connectivity index is 2.54. The Hall–Kier alpha value is -2.41. The molecule has 7 nitrogen and oxygen atoms in total. The van der Waals surface area contributed by atoms with Crippen LogP contribution in [0.3, 0.4) is 0 Å². The third kappa shape index (κ3) is 1.95. The van der Waals surface area contributed by atoms with Crippen LogP contribution in [0, 0.1) is 0 Å². The second kappa shape index (κ2) is 4.22. The molecule has 7 heteroatoms. The summed E-state index contributed by atoms with van der Waals surface area (Å²) in [6.07, 6.45) is 1.49. The largest absolute Gasteiger partial charge is 0.507 e. The average molecular weight is 234 g/mol. The maximum Gasteiger partial charge on any atom is 0.339 e. The zero-order valence-corrected chi connectivity index (χ0v) is 8.74. The molecule has 0 aliphatic heterocycles. The molecule has 0 saturated carbocycles. The maximum absolute atomic E-state index is 10.9. The van der Waals surface area contributed by atoms with Crippen LogP contribution in [-0.4, -0.2) is 31.2 Å². The number of hydrogen-bond acceptors (Lipinski definition) is 5. The van der Waals surface area contributed by atoms with Gasteiger partial charge in [0.2, 0.25) is 0 Å². The zero-order chi connectivity index (χ0) is 12.4. The first-order valence-electron chi connectivity index (χ1n) is 4.80. The van der Waals surface area contributed by atoms with Crippen molar-refractivity contribution in [1.29, 1.82) is 0 Å². The molecule has 88 valence electrons. The molecule has 0 saturated heterocycles.